The van der Waals surface area contributed by atoms with Gasteiger partial charge in [-0.15, -0.1) is 0 Å². The summed E-state index contributed by atoms with van der Waals surface area (Å²) in [6.07, 6.45) is 1.59. The summed E-state index contributed by atoms with van der Waals surface area (Å²) in [4.78, 5) is 21.6. The van der Waals surface area contributed by atoms with E-state index in [0.29, 0.717) is 13.1 Å². The molecule has 0 saturated carbocycles. The summed E-state index contributed by atoms with van der Waals surface area (Å²) in [5, 5.41) is 8.00. The van der Waals surface area contributed by atoms with Crippen LogP contribution in [0.5, 0.6) is 0 Å². The molecule has 6 nitrogen and oxygen atoms in total. The fraction of sp³-hybridized carbons (Fsp3) is 0.800. The van der Waals surface area contributed by atoms with E-state index in [0.717, 1.165) is 12.8 Å². The molecular weight excluding hydrogens is 208 g/mol. The van der Waals surface area contributed by atoms with Crippen LogP contribution in [0.4, 0.5) is 9.59 Å². The molecule has 0 aromatic rings. The topological polar surface area (TPSA) is 96.2 Å². The maximum atomic E-state index is 11.3. The molecule has 0 aliphatic carbocycles. The second-order valence-electron chi connectivity index (χ2n) is 4.63. The van der Waals surface area contributed by atoms with Crippen LogP contribution in [-0.4, -0.2) is 30.7 Å². The third kappa shape index (κ3) is 10.6. The van der Waals surface area contributed by atoms with Gasteiger partial charge in [0.05, 0.1) is 0 Å². The van der Waals surface area contributed by atoms with Crippen LogP contribution in [0.25, 0.3) is 0 Å². The summed E-state index contributed by atoms with van der Waals surface area (Å²) >= 11 is 0. The molecule has 0 saturated heterocycles. The minimum atomic E-state index is -0.515. The van der Waals surface area contributed by atoms with E-state index < -0.39 is 6.03 Å². The van der Waals surface area contributed by atoms with Gasteiger partial charge in [0.2, 0.25) is 0 Å². The predicted molar refractivity (Wildman–Crippen MR) is 63.1 cm³/mol. The molecule has 0 aliphatic heterocycles. The van der Waals surface area contributed by atoms with Gasteiger partial charge in [0.15, 0.2) is 0 Å². The number of hydrogen-bond donors (Lipinski definition) is 4. The first kappa shape index (κ1) is 14.5. The van der Waals surface area contributed by atoms with Crippen molar-refractivity contribution >= 4 is 12.1 Å². The van der Waals surface area contributed by atoms with E-state index >= 15 is 0 Å². The molecule has 0 radical (unpaired) electrons. The SMILES string of the molecule is CC(C)(C)NC(=O)NCCCCNC(N)=O. The number of nitrogens with two attached hydrogens (primary N) is 1. The number of urea groups is 2. The van der Waals surface area contributed by atoms with Crippen LogP contribution in [0.3, 0.4) is 0 Å². The number of primary amides is 1. The highest BCUT2D eigenvalue weighted by atomic mass is 16.2. The van der Waals surface area contributed by atoms with Gasteiger partial charge < -0.3 is 21.7 Å². The molecule has 5 N–H and O–H groups in total. The number of amides is 4. The molecule has 0 fully saturated rings. The van der Waals surface area contributed by atoms with Crippen molar-refractivity contribution in [1.29, 1.82) is 0 Å². The Labute approximate surface area is 96.3 Å². The van der Waals surface area contributed by atoms with Crippen LogP contribution in [0, 0.1) is 0 Å². The highest BCUT2D eigenvalue weighted by Crippen LogP contribution is 1.97. The Bertz CT molecular complexity index is 235. The van der Waals surface area contributed by atoms with E-state index in [1.54, 1.807) is 0 Å². The quantitative estimate of drug-likeness (QED) is 0.518. The van der Waals surface area contributed by atoms with Crippen molar-refractivity contribution < 1.29 is 9.59 Å². The number of carbonyl (C=O) groups excluding carboxylic acids is 2. The molecule has 0 atom stereocenters. The minimum absolute atomic E-state index is 0.171. The van der Waals surface area contributed by atoms with Crippen molar-refractivity contribution in [1.82, 2.24) is 16.0 Å². The average Bonchev–Trinajstić information content (AvgIpc) is 2.07. The maximum Gasteiger partial charge on any atom is 0.315 e. The Morgan fingerprint density at radius 3 is 2.00 bits per heavy atom. The van der Waals surface area contributed by atoms with Gasteiger partial charge in [-0.05, 0) is 33.6 Å². The molecular formula is C10H22N4O2. The van der Waals surface area contributed by atoms with Gasteiger partial charge in [-0.3, -0.25) is 0 Å². The Morgan fingerprint density at radius 2 is 1.56 bits per heavy atom. The van der Waals surface area contributed by atoms with E-state index in [9.17, 15) is 9.59 Å². The molecule has 0 bridgehead atoms. The van der Waals surface area contributed by atoms with Crippen molar-refractivity contribution in [2.45, 2.75) is 39.2 Å². The molecule has 0 aromatic carbocycles. The van der Waals surface area contributed by atoms with Gasteiger partial charge in [0.1, 0.15) is 0 Å². The van der Waals surface area contributed by atoms with Crippen LogP contribution in [0.2, 0.25) is 0 Å². The molecule has 4 amide bonds. The van der Waals surface area contributed by atoms with Gasteiger partial charge in [-0.2, -0.15) is 0 Å². The van der Waals surface area contributed by atoms with Gasteiger partial charge in [0.25, 0.3) is 0 Å². The number of unbranched alkanes of at least 4 members (excludes halogenated alkanes) is 1. The average molecular weight is 230 g/mol. The zero-order valence-corrected chi connectivity index (χ0v) is 10.2. The van der Waals surface area contributed by atoms with Gasteiger partial charge in [-0.1, -0.05) is 0 Å². The summed E-state index contributed by atoms with van der Waals surface area (Å²) in [6.45, 7) is 6.89. The lowest BCUT2D eigenvalue weighted by atomic mass is 10.1. The molecule has 6 heteroatoms. The maximum absolute atomic E-state index is 11.3. The molecule has 0 spiro atoms. The van der Waals surface area contributed by atoms with E-state index in [4.69, 9.17) is 5.73 Å². The summed E-state index contributed by atoms with van der Waals surface area (Å²) in [5.74, 6) is 0. The second-order valence-corrected chi connectivity index (χ2v) is 4.63. The zero-order valence-electron chi connectivity index (χ0n) is 10.2. The fourth-order valence-electron chi connectivity index (χ4n) is 1.05. The highest BCUT2D eigenvalue weighted by Gasteiger charge is 2.12. The molecule has 94 valence electrons. The number of carbonyl (C=O) groups is 2. The standard InChI is InChI=1S/C10H22N4O2/c1-10(2,3)14-9(16)13-7-5-4-6-12-8(11)15/h4-7H2,1-3H3,(H3,11,12,15)(H2,13,14,16). The molecule has 0 heterocycles. The molecule has 0 aliphatic rings. The van der Waals surface area contributed by atoms with Crippen molar-refractivity contribution in [2.75, 3.05) is 13.1 Å². The Hall–Kier alpha value is -1.46. The summed E-state index contributed by atoms with van der Waals surface area (Å²) < 4.78 is 0. The largest absolute Gasteiger partial charge is 0.352 e. The molecule has 0 rings (SSSR count). The van der Waals surface area contributed by atoms with Crippen LogP contribution in [0.1, 0.15) is 33.6 Å². The minimum Gasteiger partial charge on any atom is -0.352 e. The summed E-state index contributed by atoms with van der Waals surface area (Å²) in [6, 6.07) is -0.686. The number of nitrogens with one attached hydrogen (secondary N) is 3. The third-order valence-corrected chi connectivity index (χ3v) is 1.68. The van der Waals surface area contributed by atoms with Crippen molar-refractivity contribution in [3.05, 3.63) is 0 Å². The highest BCUT2D eigenvalue weighted by molar-refractivity contribution is 5.74. The second kappa shape index (κ2) is 6.92. The molecule has 16 heavy (non-hydrogen) atoms. The van der Waals surface area contributed by atoms with Crippen LogP contribution < -0.4 is 21.7 Å². The zero-order chi connectivity index (χ0) is 12.6. The Balaban J connectivity index is 3.38. The first-order chi connectivity index (χ1) is 7.31. The molecule has 0 unspecified atom stereocenters. The van der Waals surface area contributed by atoms with Gasteiger partial charge in [0, 0.05) is 18.6 Å². The van der Waals surface area contributed by atoms with Gasteiger partial charge >= 0.3 is 12.1 Å². The van der Waals surface area contributed by atoms with E-state index in [1.165, 1.54) is 0 Å². The monoisotopic (exact) mass is 230 g/mol. The lowest BCUT2D eigenvalue weighted by Crippen LogP contribution is -2.46. The fourth-order valence-corrected chi connectivity index (χ4v) is 1.05. The Kier molecular flexibility index (Phi) is 6.29. The van der Waals surface area contributed by atoms with E-state index in [1.807, 2.05) is 20.8 Å². The first-order valence-corrected chi connectivity index (χ1v) is 5.40. The lowest BCUT2D eigenvalue weighted by molar-refractivity contribution is 0.231. The van der Waals surface area contributed by atoms with Crippen LogP contribution in [0.15, 0.2) is 0 Å². The summed E-state index contributed by atoms with van der Waals surface area (Å²) in [7, 11) is 0. The predicted octanol–water partition coefficient (Wildman–Crippen LogP) is 0.533. The number of hydrogen-bond acceptors (Lipinski definition) is 2. The Morgan fingerprint density at radius 1 is 1.06 bits per heavy atom. The molecule has 0 aromatic heterocycles. The van der Waals surface area contributed by atoms with E-state index in [-0.39, 0.29) is 11.6 Å². The first-order valence-electron chi connectivity index (χ1n) is 5.40. The van der Waals surface area contributed by atoms with E-state index in [2.05, 4.69) is 16.0 Å². The smallest absolute Gasteiger partial charge is 0.315 e. The van der Waals surface area contributed by atoms with Crippen molar-refractivity contribution in [3.8, 4) is 0 Å². The van der Waals surface area contributed by atoms with Crippen molar-refractivity contribution in [3.63, 3.8) is 0 Å². The normalized spacial score (nSPS) is 10.7. The lowest BCUT2D eigenvalue weighted by Gasteiger charge is -2.20. The summed E-state index contributed by atoms with van der Waals surface area (Å²) in [5.41, 5.74) is 4.67. The third-order valence-electron chi connectivity index (χ3n) is 1.68. The van der Waals surface area contributed by atoms with Crippen molar-refractivity contribution in [2.24, 2.45) is 5.73 Å². The number of rotatable bonds is 5. The van der Waals surface area contributed by atoms with Crippen LogP contribution >= 0.6 is 0 Å². The van der Waals surface area contributed by atoms with Crippen LogP contribution in [-0.2, 0) is 0 Å². The van der Waals surface area contributed by atoms with Gasteiger partial charge in [-0.25, -0.2) is 9.59 Å².